The molecule has 0 spiro atoms. The van der Waals surface area contributed by atoms with Crippen LogP contribution >= 0.6 is 0 Å². The molecule has 0 aromatic carbocycles. The number of aromatic nitrogens is 1. The number of carboxylic acid groups (broad SMARTS) is 1. The van der Waals surface area contributed by atoms with Crippen LogP contribution in [0.25, 0.3) is 0 Å². The van der Waals surface area contributed by atoms with E-state index in [0.717, 1.165) is 18.8 Å². The van der Waals surface area contributed by atoms with Crippen LogP contribution in [0.5, 0.6) is 0 Å². The molecule has 1 fully saturated rings. The number of amides is 2. The number of rotatable bonds is 6. The number of pyridine rings is 1. The fourth-order valence-corrected chi connectivity index (χ4v) is 2.10. The zero-order chi connectivity index (χ0) is 14.5. The van der Waals surface area contributed by atoms with Crippen molar-refractivity contribution >= 4 is 17.7 Å². The van der Waals surface area contributed by atoms with E-state index in [1.165, 1.54) is 25.1 Å². The third kappa shape index (κ3) is 3.94. The molecule has 20 heavy (non-hydrogen) atoms. The fourth-order valence-electron chi connectivity index (χ4n) is 2.10. The van der Waals surface area contributed by atoms with Gasteiger partial charge in [-0.15, -0.1) is 0 Å². The standard InChI is InChI=1S/C14H19N3O3/c1-2-10(8-9-5-6-9)16-14(20)17-11-4-3-7-15-12(11)13(18)19/h3-4,7,9-10H,2,5-6,8H2,1H3,(H,18,19)(H2,16,17,20). The number of nitrogens with zero attached hydrogens (tertiary/aromatic N) is 1. The molecule has 1 aliphatic rings. The molecular formula is C14H19N3O3. The summed E-state index contributed by atoms with van der Waals surface area (Å²) in [5, 5.41) is 14.4. The van der Waals surface area contributed by atoms with Crippen molar-refractivity contribution in [2.24, 2.45) is 5.92 Å². The summed E-state index contributed by atoms with van der Waals surface area (Å²) in [6.07, 6.45) is 5.72. The highest BCUT2D eigenvalue weighted by Gasteiger charge is 2.25. The molecule has 0 saturated heterocycles. The van der Waals surface area contributed by atoms with Crippen LogP contribution in [-0.2, 0) is 0 Å². The maximum Gasteiger partial charge on any atom is 0.356 e. The summed E-state index contributed by atoms with van der Waals surface area (Å²) in [7, 11) is 0. The van der Waals surface area contributed by atoms with Crippen molar-refractivity contribution in [2.45, 2.75) is 38.6 Å². The van der Waals surface area contributed by atoms with Gasteiger partial charge in [0.05, 0.1) is 5.69 Å². The van der Waals surface area contributed by atoms with Crippen molar-refractivity contribution in [3.05, 3.63) is 24.0 Å². The Balaban J connectivity index is 1.94. The number of hydrogen-bond acceptors (Lipinski definition) is 3. The molecule has 2 rings (SSSR count). The highest BCUT2D eigenvalue weighted by atomic mass is 16.4. The summed E-state index contributed by atoms with van der Waals surface area (Å²) in [4.78, 5) is 26.7. The number of hydrogen-bond donors (Lipinski definition) is 3. The van der Waals surface area contributed by atoms with E-state index >= 15 is 0 Å². The van der Waals surface area contributed by atoms with Gasteiger partial charge in [0.1, 0.15) is 0 Å². The van der Waals surface area contributed by atoms with Crippen molar-refractivity contribution < 1.29 is 14.7 Å². The van der Waals surface area contributed by atoms with Crippen LogP contribution in [0.15, 0.2) is 18.3 Å². The summed E-state index contributed by atoms with van der Waals surface area (Å²) in [6, 6.07) is 2.86. The normalized spacial score (nSPS) is 15.4. The number of aromatic carboxylic acids is 1. The quantitative estimate of drug-likeness (QED) is 0.745. The minimum absolute atomic E-state index is 0.132. The molecule has 3 N–H and O–H groups in total. The Bertz CT molecular complexity index is 500. The fraction of sp³-hybridized carbons (Fsp3) is 0.500. The van der Waals surface area contributed by atoms with Crippen LogP contribution in [0, 0.1) is 5.92 Å². The predicted octanol–water partition coefficient (Wildman–Crippen LogP) is 2.48. The van der Waals surface area contributed by atoms with Gasteiger partial charge in [0.25, 0.3) is 0 Å². The van der Waals surface area contributed by atoms with E-state index in [1.807, 2.05) is 6.92 Å². The topological polar surface area (TPSA) is 91.3 Å². The van der Waals surface area contributed by atoms with E-state index in [4.69, 9.17) is 5.11 Å². The molecule has 1 unspecified atom stereocenters. The predicted molar refractivity (Wildman–Crippen MR) is 74.8 cm³/mol. The number of carbonyl (C=O) groups is 2. The maximum atomic E-state index is 11.9. The number of urea groups is 1. The Labute approximate surface area is 117 Å². The van der Waals surface area contributed by atoms with Gasteiger partial charge in [0.2, 0.25) is 0 Å². The molecule has 108 valence electrons. The van der Waals surface area contributed by atoms with Crippen molar-refractivity contribution in [3.63, 3.8) is 0 Å². The highest BCUT2D eigenvalue weighted by molar-refractivity contribution is 5.98. The van der Waals surface area contributed by atoms with E-state index in [0.29, 0.717) is 0 Å². The molecule has 0 radical (unpaired) electrons. The van der Waals surface area contributed by atoms with E-state index in [1.54, 1.807) is 6.07 Å². The highest BCUT2D eigenvalue weighted by Crippen LogP contribution is 2.34. The van der Waals surface area contributed by atoms with E-state index in [2.05, 4.69) is 15.6 Å². The molecule has 0 bridgehead atoms. The maximum absolute atomic E-state index is 11.9. The molecule has 1 aromatic rings. The van der Waals surface area contributed by atoms with Crippen molar-refractivity contribution in [2.75, 3.05) is 5.32 Å². The second kappa shape index (κ2) is 6.36. The monoisotopic (exact) mass is 277 g/mol. The van der Waals surface area contributed by atoms with Crippen LogP contribution in [0.4, 0.5) is 10.5 Å². The van der Waals surface area contributed by atoms with Gasteiger partial charge in [-0.2, -0.15) is 0 Å². The van der Waals surface area contributed by atoms with Crippen LogP contribution in [0.2, 0.25) is 0 Å². The number of anilines is 1. The van der Waals surface area contributed by atoms with E-state index in [-0.39, 0.29) is 23.5 Å². The largest absolute Gasteiger partial charge is 0.476 e. The Morgan fingerprint density at radius 1 is 1.50 bits per heavy atom. The lowest BCUT2D eigenvalue weighted by atomic mass is 10.1. The molecule has 6 heteroatoms. The van der Waals surface area contributed by atoms with Gasteiger partial charge in [-0.3, -0.25) is 0 Å². The van der Waals surface area contributed by atoms with Gasteiger partial charge in [-0.25, -0.2) is 14.6 Å². The molecule has 6 nitrogen and oxygen atoms in total. The molecule has 1 atom stereocenters. The van der Waals surface area contributed by atoms with Crippen LogP contribution in [-0.4, -0.2) is 28.1 Å². The molecular weight excluding hydrogens is 258 g/mol. The van der Waals surface area contributed by atoms with Gasteiger partial charge in [-0.05, 0) is 30.9 Å². The second-order valence-electron chi connectivity index (χ2n) is 5.09. The minimum atomic E-state index is -1.16. The first-order valence-corrected chi connectivity index (χ1v) is 6.86. The molecule has 1 saturated carbocycles. The Kier molecular flexibility index (Phi) is 4.55. The van der Waals surface area contributed by atoms with E-state index < -0.39 is 5.97 Å². The first kappa shape index (κ1) is 14.3. The summed E-state index contributed by atoms with van der Waals surface area (Å²) in [5.41, 5.74) is 0.0525. The number of nitrogens with one attached hydrogen (secondary N) is 2. The Morgan fingerprint density at radius 3 is 2.85 bits per heavy atom. The summed E-state index contributed by atoms with van der Waals surface area (Å²) >= 11 is 0. The average molecular weight is 277 g/mol. The Hall–Kier alpha value is -2.11. The Morgan fingerprint density at radius 2 is 2.25 bits per heavy atom. The third-order valence-corrected chi connectivity index (χ3v) is 3.40. The lowest BCUT2D eigenvalue weighted by Crippen LogP contribution is -2.38. The lowest BCUT2D eigenvalue weighted by Gasteiger charge is -2.17. The molecule has 2 amide bonds. The van der Waals surface area contributed by atoms with Gasteiger partial charge >= 0.3 is 12.0 Å². The number of carboxylic acids is 1. The molecule has 1 aliphatic carbocycles. The van der Waals surface area contributed by atoms with Gasteiger partial charge < -0.3 is 15.7 Å². The third-order valence-electron chi connectivity index (χ3n) is 3.40. The van der Waals surface area contributed by atoms with Crippen LogP contribution < -0.4 is 10.6 Å². The van der Waals surface area contributed by atoms with E-state index in [9.17, 15) is 9.59 Å². The van der Waals surface area contributed by atoms with Crippen LogP contribution in [0.1, 0.15) is 43.1 Å². The van der Waals surface area contributed by atoms with Gasteiger partial charge in [0.15, 0.2) is 5.69 Å². The SMILES string of the molecule is CCC(CC1CC1)NC(=O)Nc1cccnc1C(=O)O. The van der Waals surface area contributed by atoms with Crippen molar-refractivity contribution in [1.82, 2.24) is 10.3 Å². The first-order chi connectivity index (χ1) is 9.60. The molecule has 1 heterocycles. The molecule has 0 aliphatic heterocycles. The average Bonchev–Trinajstić information content (AvgIpc) is 3.22. The smallest absolute Gasteiger partial charge is 0.356 e. The number of carbonyl (C=O) groups excluding carboxylic acids is 1. The van der Waals surface area contributed by atoms with Gasteiger partial charge in [0, 0.05) is 12.2 Å². The van der Waals surface area contributed by atoms with Crippen molar-refractivity contribution in [1.29, 1.82) is 0 Å². The molecule has 1 aromatic heterocycles. The van der Waals surface area contributed by atoms with Gasteiger partial charge in [-0.1, -0.05) is 19.8 Å². The summed E-state index contributed by atoms with van der Waals surface area (Å²) in [5.74, 6) is -0.431. The summed E-state index contributed by atoms with van der Waals surface area (Å²) < 4.78 is 0. The lowest BCUT2D eigenvalue weighted by molar-refractivity contribution is 0.0692. The summed E-state index contributed by atoms with van der Waals surface area (Å²) in [6.45, 7) is 2.03. The minimum Gasteiger partial charge on any atom is -0.476 e. The zero-order valence-corrected chi connectivity index (χ0v) is 11.4. The zero-order valence-electron chi connectivity index (χ0n) is 11.4. The van der Waals surface area contributed by atoms with Crippen molar-refractivity contribution in [3.8, 4) is 0 Å². The second-order valence-corrected chi connectivity index (χ2v) is 5.09. The van der Waals surface area contributed by atoms with Crippen LogP contribution in [0.3, 0.4) is 0 Å². The first-order valence-electron chi connectivity index (χ1n) is 6.86.